The van der Waals surface area contributed by atoms with Gasteiger partial charge in [-0.2, -0.15) is 5.10 Å². The highest BCUT2D eigenvalue weighted by molar-refractivity contribution is 7.89. The normalized spacial score (nSPS) is 17.1. The second-order valence-electron chi connectivity index (χ2n) is 5.54. The average molecular weight is 350 g/mol. The van der Waals surface area contributed by atoms with E-state index in [1.54, 1.807) is 38.1 Å². The number of hydrogen-bond acceptors (Lipinski definition) is 5. The molecule has 0 bridgehead atoms. The first-order valence-corrected chi connectivity index (χ1v) is 8.94. The van der Waals surface area contributed by atoms with Gasteiger partial charge in [0.1, 0.15) is 10.6 Å². The molecule has 3 rings (SSSR count). The number of aromatic nitrogens is 2. The van der Waals surface area contributed by atoms with E-state index < -0.39 is 16.1 Å². The lowest BCUT2D eigenvalue weighted by atomic mass is 10.2. The third-order valence-corrected chi connectivity index (χ3v) is 5.46. The van der Waals surface area contributed by atoms with Crippen molar-refractivity contribution in [1.82, 2.24) is 14.9 Å². The van der Waals surface area contributed by atoms with Gasteiger partial charge in [0.2, 0.25) is 10.0 Å². The van der Waals surface area contributed by atoms with Gasteiger partial charge in [-0.05, 0) is 26.0 Å². The summed E-state index contributed by atoms with van der Waals surface area (Å²) in [4.78, 5) is 12.2. The number of aryl methyl sites for hydroxylation is 2. The number of para-hydroxylation sites is 2. The molecule has 0 saturated carbocycles. The number of amides is 1. The molecule has 0 aliphatic carbocycles. The summed E-state index contributed by atoms with van der Waals surface area (Å²) in [7, 11) is -3.69. The predicted molar refractivity (Wildman–Crippen MR) is 87.4 cm³/mol. The Labute approximate surface area is 139 Å². The molecule has 8 nitrogen and oxygen atoms in total. The van der Waals surface area contributed by atoms with E-state index in [-0.39, 0.29) is 23.8 Å². The van der Waals surface area contributed by atoms with Gasteiger partial charge in [-0.25, -0.2) is 13.1 Å². The van der Waals surface area contributed by atoms with Crippen molar-refractivity contribution < 1.29 is 17.9 Å². The molecule has 1 amide bonds. The van der Waals surface area contributed by atoms with E-state index in [0.29, 0.717) is 22.8 Å². The van der Waals surface area contributed by atoms with Gasteiger partial charge in [-0.3, -0.25) is 9.89 Å². The first-order chi connectivity index (χ1) is 11.4. The molecule has 128 valence electrons. The molecular weight excluding hydrogens is 332 g/mol. The minimum absolute atomic E-state index is 0.0760. The van der Waals surface area contributed by atoms with Crippen LogP contribution in [0.3, 0.4) is 0 Å². The van der Waals surface area contributed by atoms with Gasteiger partial charge in [0.15, 0.2) is 6.10 Å². The average Bonchev–Trinajstić information content (AvgIpc) is 2.87. The second kappa shape index (κ2) is 6.25. The van der Waals surface area contributed by atoms with Gasteiger partial charge >= 0.3 is 0 Å². The van der Waals surface area contributed by atoms with Crippen molar-refractivity contribution in [3.05, 3.63) is 35.7 Å². The summed E-state index contributed by atoms with van der Waals surface area (Å²) in [6.07, 6.45) is -0.524. The maximum Gasteiger partial charge on any atom is 0.265 e. The van der Waals surface area contributed by atoms with E-state index in [9.17, 15) is 13.2 Å². The van der Waals surface area contributed by atoms with Crippen molar-refractivity contribution in [1.29, 1.82) is 0 Å². The number of benzene rings is 1. The topological polar surface area (TPSA) is 113 Å². The zero-order chi connectivity index (χ0) is 17.3. The minimum atomic E-state index is -3.69. The summed E-state index contributed by atoms with van der Waals surface area (Å²) >= 11 is 0. The molecule has 1 aliphatic rings. The van der Waals surface area contributed by atoms with Crippen molar-refractivity contribution >= 4 is 21.6 Å². The lowest BCUT2D eigenvalue weighted by molar-refractivity contribution is -0.123. The third-order valence-electron chi connectivity index (χ3n) is 3.73. The minimum Gasteiger partial charge on any atom is -0.478 e. The Morgan fingerprint density at radius 3 is 2.75 bits per heavy atom. The summed E-state index contributed by atoms with van der Waals surface area (Å²) in [5.41, 5.74) is 1.49. The van der Waals surface area contributed by atoms with Crippen molar-refractivity contribution in [3.63, 3.8) is 0 Å². The number of hydrogen-bond donors (Lipinski definition) is 3. The lowest BCUT2D eigenvalue weighted by Crippen LogP contribution is -2.39. The number of carbonyl (C=O) groups excluding carboxylic acids is 1. The molecular formula is C15H18N4O4S. The molecule has 0 saturated heterocycles. The standard InChI is InChI=1S/C15H18N4O4S/c1-9-14(10(2)19-18-9)24(21,22)16-8-7-13-15(20)17-11-5-3-4-6-12(11)23-13/h3-6,13,16H,7-8H2,1-2H3,(H,17,20)(H,18,19). The number of sulfonamides is 1. The summed E-state index contributed by atoms with van der Waals surface area (Å²) < 4.78 is 32.8. The zero-order valence-corrected chi connectivity index (χ0v) is 14.1. The van der Waals surface area contributed by atoms with Crippen LogP contribution >= 0.6 is 0 Å². The number of rotatable bonds is 5. The molecule has 9 heteroatoms. The van der Waals surface area contributed by atoms with Crippen molar-refractivity contribution in [2.24, 2.45) is 0 Å². The van der Waals surface area contributed by atoms with Gasteiger partial charge in [-0.1, -0.05) is 12.1 Å². The van der Waals surface area contributed by atoms with Crippen LogP contribution in [0.2, 0.25) is 0 Å². The Hall–Kier alpha value is -2.39. The molecule has 1 aromatic carbocycles. The van der Waals surface area contributed by atoms with Gasteiger partial charge in [0.25, 0.3) is 5.91 Å². The van der Waals surface area contributed by atoms with Crippen LogP contribution in [0.15, 0.2) is 29.2 Å². The maximum absolute atomic E-state index is 12.3. The molecule has 1 atom stereocenters. The molecule has 3 N–H and O–H groups in total. The number of anilines is 1. The Bertz CT molecular complexity index is 856. The molecule has 1 aromatic heterocycles. The molecule has 24 heavy (non-hydrogen) atoms. The Kier molecular flexibility index (Phi) is 4.29. The van der Waals surface area contributed by atoms with E-state index in [1.165, 1.54) is 0 Å². The smallest absolute Gasteiger partial charge is 0.265 e. The number of carbonyl (C=O) groups is 1. The number of ether oxygens (including phenoxy) is 1. The van der Waals surface area contributed by atoms with Gasteiger partial charge in [-0.15, -0.1) is 0 Å². The molecule has 0 fully saturated rings. The molecule has 0 radical (unpaired) electrons. The third kappa shape index (κ3) is 3.13. The quantitative estimate of drug-likeness (QED) is 0.747. The van der Waals surface area contributed by atoms with Crippen molar-refractivity contribution in [2.75, 3.05) is 11.9 Å². The van der Waals surface area contributed by atoms with Crippen LogP contribution in [0.25, 0.3) is 0 Å². The highest BCUT2D eigenvalue weighted by Crippen LogP contribution is 2.29. The lowest BCUT2D eigenvalue weighted by Gasteiger charge is -2.25. The monoisotopic (exact) mass is 350 g/mol. The fourth-order valence-electron chi connectivity index (χ4n) is 2.62. The van der Waals surface area contributed by atoms with Crippen LogP contribution in [0.5, 0.6) is 5.75 Å². The highest BCUT2D eigenvalue weighted by atomic mass is 32.2. The maximum atomic E-state index is 12.3. The number of fused-ring (bicyclic) bond motifs is 1. The summed E-state index contributed by atoms with van der Waals surface area (Å²) in [6.45, 7) is 3.34. The molecule has 2 heterocycles. The van der Waals surface area contributed by atoms with E-state index in [4.69, 9.17) is 4.74 Å². The van der Waals surface area contributed by atoms with E-state index in [1.807, 2.05) is 0 Å². The van der Waals surface area contributed by atoms with Crippen molar-refractivity contribution in [3.8, 4) is 5.75 Å². The van der Waals surface area contributed by atoms with Gasteiger partial charge in [0.05, 0.1) is 17.1 Å². The Balaban J connectivity index is 1.64. The number of nitrogens with one attached hydrogen (secondary N) is 3. The molecule has 0 spiro atoms. The second-order valence-corrected chi connectivity index (χ2v) is 7.25. The predicted octanol–water partition coefficient (Wildman–Crippen LogP) is 1.09. The van der Waals surface area contributed by atoms with Gasteiger partial charge in [0, 0.05) is 13.0 Å². The van der Waals surface area contributed by atoms with Crippen LogP contribution in [0.4, 0.5) is 5.69 Å². The van der Waals surface area contributed by atoms with Crippen molar-refractivity contribution in [2.45, 2.75) is 31.3 Å². The first kappa shape index (κ1) is 16.5. The van der Waals surface area contributed by atoms with Crippen LogP contribution in [0.1, 0.15) is 17.8 Å². The first-order valence-electron chi connectivity index (χ1n) is 7.46. The Morgan fingerprint density at radius 2 is 2.04 bits per heavy atom. The largest absolute Gasteiger partial charge is 0.478 e. The van der Waals surface area contributed by atoms with E-state index in [2.05, 4.69) is 20.2 Å². The van der Waals surface area contributed by atoms with Crippen LogP contribution in [-0.4, -0.2) is 37.2 Å². The summed E-state index contributed by atoms with van der Waals surface area (Å²) in [5.74, 6) is 0.287. The zero-order valence-electron chi connectivity index (χ0n) is 13.3. The fourth-order valence-corrected chi connectivity index (χ4v) is 4.03. The fraction of sp³-hybridized carbons (Fsp3) is 0.333. The molecule has 1 unspecified atom stereocenters. The number of aromatic amines is 1. The van der Waals surface area contributed by atoms with E-state index in [0.717, 1.165) is 0 Å². The van der Waals surface area contributed by atoms with Gasteiger partial charge < -0.3 is 10.1 Å². The molecule has 1 aliphatic heterocycles. The van der Waals surface area contributed by atoms with E-state index >= 15 is 0 Å². The summed E-state index contributed by atoms with van der Waals surface area (Å²) in [6, 6.07) is 7.10. The highest BCUT2D eigenvalue weighted by Gasteiger charge is 2.28. The van der Waals surface area contributed by atoms with Crippen LogP contribution in [0, 0.1) is 13.8 Å². The SMILES string of the molecule is Cc1n[nH]c(C)c1S(=O)(=O)NCCC1Oc2ccccc2NC1=O. The van der Waals surface area contributed by atoms with Crippen LogP contribution < -0.4 is 14.8 Å². The Morgan fingerprint density at radius 1 is 1.29 bits per heavy atom. The number of H-pyrrole nitrogens is 1. The van der Waals surface area contributed by atoms with Crippen LogP contribution in [-0.2, 0) is 14.8 Å². The number of nitrogens with zero attached hydrogens (tertiary/aromatic N) is 1. The molecule has 2 aromatic rings. The summed E-state index contributed by atoms with van der Waals surface area (Å²) in [5, 5.41) is 9.27.